The number of allylic oxidation sites excluding steroid dienone is 2. The van der Waals surface area contributed by atoms with Crippen molar-refractivity contribution < 1.29 is 0 Å². The fourth-order valence-electron chi connectivity index (χ4n) is 10.3. The first-order chi connectivity index (χ1) is 21.9. The summed E-state index contributed by atoms with van der Waals surface area (Å²) in [6.07, 6.45) is 36.9. The monoisotopic (exact) mass is 634 g/mol. The molecule has 6 atom stereocenters. The zero-order chi connectivity index (χ0) is 31.8. The molecule has 0 bridgehead atoms. The van der Waals surface area contributed by atoms with Crippen LogP contribution in [0.15, 0.2) is 18.2 Å². The van der Waals surface area contributed by atoms with E-state index >= 15 is 0 Å². The van der Waals surface area contributed by atoms with Gasteiger partial charge in [-0.1, -0.05) is 78.9 Å². The number of rotatable bonds is 12. The molecule has 0 N–H and O–H groups in total. The normalized spacial score (nSPS) is 36.8. The summed E-state index contributed by atoms with van der Waals surface area (Å²) in [5, 5.41) is 0. The van der Waals surface area contributed by atoms with E-state index in [-0.39, 0.29) is 0 Å². The number of thiophene rings is 1. The molecule has 0 spiro atoms. The first-order valence-electron chi connectivity index (χ1n) is 20.1. The van der Waals surface area contributed by atoms with Crippen LogP contribution in [0.3, 0.4) is 0 Å². The molecule has 4 aliphatic rings. The van der Waals surface area contributed by atoms with E-state index in [0.29, 0.717) is 0 Å². The summed E-state index contributed by atoms with van der Waals surface area (Å²) < 4.78 is 0. The standard InChI is InChI=1S/C43H71NS/c1-7-9-10-11-13-38-30-42(45-43(38)12-8-2)27-22-35-19-26-41(29-34(35)6)44(40-23-16-32(4)33(5)28-40)39-24-20-37(21-25-39)36-17-14-31(3)15-18-36/h8,12,22,27,30-37,39-41H,7,9-11,13-21,23-26,28-29H2,1-6H3/b12-8+,27-22+. The highest BCUT2D eigenvalue weighted by Crippen LogP contribution is 2.45. The Morgan fingerprint density at radius 1 is 0.689 bits per heavy atom. The average Bonchev–Trinajstić information content (AvgIpc) is 3.43. The van der Waals surface area contributed by atoms with E-state index in [0.717, 1.165) is 59.6 Å². The molecule has 1 aromatic heterocycles. The van der Waals surface area contributed by atoms with Crippen LogP contribution in [0.5, 0.6) is 0 Å². The van der Waals surface area contributed by atoms with Gasteiger partial charge >= 0.3 is 0 Å². The lowest BCUT2D eigenvalue weighted by atomic mass is 9.69. The van der Waals surface area contributed by atoms with Crippen molar-refractivity contribution >= 4 is 23.5 Å². The van der Waals surface area contributed by atoms with Crippen molar-refractivity contribution in [1.82, 2.24) is 4.90 Å². The maximum Gasteiger partial charge on any atom is 0.0305 e. The Hall–Kier alpha value is -0.860. The van der Waals surface area contributed by atoms with E-state index in [9.17, 15) is 0 Å². The molecular weight excluding hydrogens is 563 g/mol. The SMILES string of the molecule is C/C=C/c1sc(/C=C/C2CCC(N(C3CCC(C4CCC(C)CC4)CC3)C3CCC(C)C(C)C3)CC2C)cc1CCCCCC. The minimum Gasteiger partial charge on any atom is -0.294 e. The Kier molecular flexibility index (Phi) is 13.8. The minimum absolute atomic E-state index is 0.734. The predicted octanol–water partition coefficient (Wildman–Crippen LogP) is 13.2. The summed E-state index contributed by atoms with van der Waals surface area (Å²) in [7, 11) is 0. The second-order valence-electron chi connectivity index (χ2n) is 16.8. The van der Waals surface area contributed by atoms with Crippen molar-refractivity contribution in [2.45, 2.75) is 182 Å². The molecule has 5 rings (SSSR count). The maximum absolute atomic E-state index is 3.21. The maximum atomic E-state index is 3.21. The lowest BCUT2D eigenvalue weighted by Crippen LogP contribution is -2.54. The van der Waals surface area contributed by atoms with Gasteiger partial charge < -0.3 is 0 Å². The first-order valence-corrected chi connectivity index (χ1v) is 20.9. The Morgan fingerprint density at radius 3 is 1.98 bits per heavy atom. The Labute approximate surface area is 284 Å². The molecule has 6 unspecified atom stereocenters. The molecule has 0 radical (unpaired) electrons. The lowest BCUT2D eigenvalue weighted by Gasteiger charge is -2.51. The number of hydrogen-bond acceptors (Lipinski definition) is 2. The summed E-state index contributed by atoms with van der Waals surface area (Å²) in [6, 6.07) is 5.01. The van der Waals surface area contributed by atoms with E-state index in [4.69, 9.17) is 0 Å². The molecule has 1 aromatic rings. The number of hydrogen-bond donors (Lipinski definition) is 0. The molecule has 0 aliphatic heterocycles. The van der Waals surface area contributed by atoms with Crippen LogP contribution in [-0.4, -0.2) is 23.0 Å². The van der Waals surface area contributed by atoms with Crippen LogP contribution in [0.2, 0.25) is 0 Å². The van der Waals surface area contributed by atoms with Crippen LogP contribution in [0.25, 0.3) is 12.2 Å². The van der Waals surface area contributed by atoms with Crippen LogP contribution in [0, 0.1) is 41.4 Å². The van der Waals surface area contributed by atoms with E-state index in [1.807, 2.05) is 11.3 Å². The highest BCUT2D eigenvalue weighted by atomic mass is 32.1. The Morgan fingerprint density at radius 2 is 1.33 bits per heavy atom. The van der Waals surface area contributed by atoms with Gasteiger partial charge in [-0.05, 0) is 162 Å². The van der Waals surface area contributed by atoms with Crippen LogP contribution >= 0.6 is 11.3 Å². The predicted molar refractivity (Wildman–Crippen MR) is 201 cm³/mol. The molecule has 0 aromatic carbocycles. The second kappa shape index (κ2) is 17.5. The fraction of sp³-hybridized carbons (Fsp3) is 0.814. The Bertz CT molecular complexity index is 1050. The van der Waals surface area contributed by atoms with Gasteiger partial charge in [-0.25, -0.2) is 0 Å². The van der Waals surface area contributed by atoms with E-state index < -0.39 is 0 Å². The van der Waals surface area contributed by atoms with E-state index in [1.54, 1.807) is 5.56 Å². The molecular formula is C43H71NS. The third-order valence-electron chi connectivity index (χ3n) is 13.5. The van der Waals surface area contributed by atoms with E-state index in [1.165, 1.54) is 132 Å². The molecule has 45 heavy (non-hydrogen) atoms. The van der Waals surface area contributed by atoms with Crippen LogP contribution in [-0.2, 0) is 6.42 Å². The molecule has 2 heteroatoms. The Balaban J connectivity index is 1.21. The highest BCUT2D eigenvalue weighted by molar-refractivity contribution is 7.14. The summed E-state index contributed by atoms with van der Waals surface area (Å²) in [4.78, 5) is 6.18. The van der Waals surface area contributed by atoms with Crippen LogP contribution in [0.1, 0.15) is 172 Å². The van der Waals surface area contributed by atoms with Gasteiger partial charge in [0.05, 0.1) is 0 Å². The van der Waals surface area contributed by atoms with Crippen LogP contribution in [0.4, 0.5) is 0 Å². The molecule has 254 valence electrons. The van der Waals surface area contributed by atoms with Gasteiger partial charge in [-0.2, -0.15) is 0 Å². The zero-order valence-electron chi connectivity index (χ0n) is 30.5. The summed E-state index contributed by atoms with van der Waals surface area (Å²) in [5.41, 5.74) is 1.57. The van der Waals surface area contributed by atoms with Gasteiger partial charge in [0.1, 0.15) is 0 Å². The fourth-order valence-corrected chi connectivity index (χ4v) is 11.4. The van der Waals surface area contributed by atoms with Gasteiger partial charge in [0.2, 0.25) is 0 Å². The van der Waals surface area contributed by atoms with Gasteiger partial charge in [0.15, 0.2) is 0 Å². The van der Waals surface area contributed by atoms with Gasteiger partial charge in [-0.15, -0.1) is 11.3 Å². The molecule has 1 nitrogen and oxygen atoms in total. The lowest BCUT2D eigenvalue weighted by molar-refractivity contribution is -0.0161. The zero-order valence-corrected chi connectivity index (χ0v) is 31.3. The van der Waals surface area contributed by atoms with Crippen molar-refractivity contribution in [3.05, 3.63) is 33.5 Å². The summed E-state index contributed by atoms with van der Waals surface area (Å²) in [6.45, 7) is 14.6. The molecule has 4 saturated carbocycles. The third kappa shape index (κ3) is 9.62. The number of unbranched alkanes of at least 4 members (excludes halogenated alkanes) is 3. The van der Waals surface area contributed by atoms with Crippen molar-refractivity contribution in [2.24, 2.45) is 41.4 Å². The molecule has 4 fully saturated rings. The number of nitrogens with zero attached hydrogens (tertiary/aromatic N) is 1. The molecule has 0 amide bonds. The third-order valence-corrected chi connectivity index (χ3v) is 14.6. The second-order valence-corrected chi connectivity index (χ2v) is 17.9. The first kappa shape index (κ1) is 35.4. The van der Waals surface area contributed by atoms with Gasteiger partial charge in [0, 0.05) is 27.9 Å². The molecule has 1 heterocycles. The van der Waals surface area contributed by atoms with Crippen molar-refractivity contribution in [3.63, 3.8) is 0 Å². The smallest absolute Gasteiger partial charge is 0.0305 e. The summed E-state index contributed by atoms with van der Waals surface area (Å²) >= 11 is 2.01. The van der Waals surface area contributed by atoms with Gasteiger partial charge in [0.25, 0.3) is 0 Å². The highest BCUT2D eigenvalue weighted by Gasteiger charge is 2.41. The molecule has 0 saturated heterocycles. The minimum atomic E-state index is 0.734. The van der Waals surface area contributed by atoms with Crippen molar-refractivity contribution in [1.29, 1.82) is 0 Å². The van der Waals surface area contributed by atoms with E-state index in [2.05, 4.69) is 76.8 Å². The largest absolute Gasteiger partial charge is 0.294 e. The number of aryl methyl sites for hydroxylation is 1. The molecule has 4 aliphatic carbocycles. The van der Waals surface area contributed by atoms with Gasteiger partial charge in [-0.3, -0.25) is 4.90 Å². The topological polar surface area (TPSA) is 3.24 Å². The van der Waals surface area contributed by atoms with Crippen molar-refractivity contribution in [3.8, 4) is 0 Å². The van der Waals surface area contributed by atoms with Crippen molar-refractivity contribution in [2.75, 3.05) is 0 Å². The summed E-state index contributed by atoms with van der Waals surface area (Å²) in [5.74, 6) is 6.37. The van der Waals surface area contributed by atoms with Crippen LogP contribution < -0.4 is 0 Å². The average molecular weight is 634 g/mol. The quantitative estimate of drug-likeness (QED) is 0.207.